The lowest BCUT2D eigenvalue weighted by molar-refractivity contribution is 0.0140. The number of hydrogen-bond acceptors (Lipinski definition) is 9. The number of benzene rings is 2. The maximum absolute atomic E-state index is 10.3. The van der Waals surface area contributed by atoms with Crippen LogP contribution in [0, 0.1) is 40.9 Å². The molecule has 9 nitrogen and oxygen atoms in total. The molecule has 0 amide bonds. The monoisotopic (exact) mass is 547 g/mol. The van der Waals surface area contributed by atoms with Crippen LogP contribution in [0.2, 0.25) is 0 Å². The summed E-state index contributed by atoms with van der Waals surface area (Å²) in [5, 5.41) is 10.3. The van der Waals surface area contributed by atoms with Gasteiger partial charge >= 0.3 is 0 Å². The first kappa shape index (κ1) is 28.6. The number of aromatic nitrogens is 2. The molecule has 0 spiro atoms. The van der Waals surface area contributed by atoms with Crippen LogP contribution in [0.4, 0.5) is 11.8 Å². The van der Waals surface area contributed by atoms with E-state index in [0.29, 0.717) is 45.1 Å². The molecule has 2 unspecified atom stereocenters. The van der Waals surface area contributed by atoms with Crippen LogP contribution < -0.4 is 20.9 Å². The summed E-state index contributed by atoms with van der Waals surface area (Å²) in [5.74, 6) is 13.9. The quantitative estimate of drug-likeness (QED) is 0.443. The summed E-state index contributed by atoms with van der Waals surface area (Å²) >= 11 is 0. The minimum absolute atomic E-state index is 0.0483. The molecule has 4 rings (SSSR count). The number of para-hydroxylation sites is 2. The lowest BCUT2D eigenvalue weighted by atomic mass is 9.76. The number of rotatable bonds is 6. The summed E-state index contributed by atoms with van der Waals surface area (Å²) in [5.41, 5.74) is 13.3. The number of methoxy groups -OCH3 is 4. The highest BCUT2D eigenvalue weighted by Crippen LogP contribution is 2.41. The van der Waals surface area contributed by atoms with Gasteiger partial charge in [-0.15, -0.1) is 0 Å². The van der Waals surface area contributed by atoms with Crippen LogP contribution in [-0.2, 0) is 15.9 Å². The van der Waals surface area contributed by atoms with E-state index in [1.807, 2.05) is 48.5 Å². The molecule has 9 heteroatoms. The molecule has 2 aromatic carbocycles. The van der Waals surface area contributed by atoms with Crippen LogP contribution in [0.25, 0.3) is 0 Å². The molecular weight excluding hydrogens is 518 g/mol. The van der Waals surface area contributed by atoms with Crippen molar-refractivity contribution in [1.82, 2.24) is 9.97 Å². The van der Waals surface area contributed by atoms with Gasteiger partial charge in [-0.05, 0) is 30.3 Å². The van der Waals surface area contributed by atoms with E-state index in [-0.39, 0.29) is 18.2 Å². The number of hydrogen-bond donors (Lipinski definition) is 2. The Morgan fingerprint density at radius 1 is 0.878 bits per heavy atom. The summed E-state index contributed by atoms with van der Waals surface area (Å²) < 4.78 is 23.0. The predicted octanol–water partition coefficient (Wildman–Crippen LogP) is 3.67. The van der Waals surface area contributed by atoms with Gasteiger partial charge < -0.3 is 30.4 Å². The van der Waals surface area contributed by atoms with Gasteiger partial charge in [0.2, 0.25) is 5.95 Å². The normalized spacial score (nSPS) is 17.6. The lowest BCUT2D eigenvalue weighted by Crippen LogP contribution is -2.40. The third-order valence-electron chi connectivity index (χ3n) is 6.58. The van der Waals surface area contributed by atoms with Crippen molar-refractivity contribution < 1.29 is 18.9 Å². The maximum Gasteiger partial charge on any atom is 0.221 e. The summed E-state index contributed by atoms with van der Waals surface area (Å²) in [6.45, 7) is 0. The molecule has 41 heavy (non-hydrogen) atoms. The molecule has 0 fully saturated rings. The molecule has 0 saturated heterocycles. The molecule has 1 aliphatic carbocycles. The molecule has 0 bridgehead atoms. The molecule has 3 aromatic rings. The second kappa shape index (κ2) is 12.6. The Morgan fingerprint density at radius 2 is 1.51 bits per heavy atom. The van der Waals surface area contributed by atoms with E-state index < -0.39 is 11.5 Å². The Bertz CT molecular complexity index is 1680. The molecule has 0 saturated carbocycles. The van der Waals surface area contributed by atoms with E-state index in [9.17, 15) is 5.26 Å². The number of nitrogen functional groups attached to an aromatic ring is 2. The molecule has 206 valence electrons. The highest BCUT2D eigenvalue weighted by Gasteiger charge is 2.43. The van der Waals surface area contributed by atoms with Gasteiger partial charge in [0, 0.05) is 30.9 Å². The van der Waals surface area contributed by atoms with Gasteiger partial charge in [0.1, 0.15) is 28.7 Å². The van der Waals surface area contributed by atoms with Gasteiger partial charge in [0.15, 0.2) is 0 Å². The van der Waals surface area contributed by atoms with Crippen LogP contribution in [0.15, 0.2) is 77.7 Å². The maximum atomic E-state index is 10.3. The van der Waals surface area contributed by atoms with Gasteiger partial charge in [0.25, 0.3) is 0 Å². The van der Waals surface area contributed by atoms with Crippen molar-refractivity contribution in [2.45, 2.75) is 12.0 Å². The van der Waals surface area contributed by atoms with Gasteiger partial charge in [-0.3, -0.25) is 0 Å². The Hall–Kier alpha value is -5.43. The summed E-state index contributed by atoms with van der Waals surface area (Å²) in [6.07, 6.45) is 3.37. The molecule has 4 N–H and O–H groups in total. The van der Waals surface area contributed by atoms with Gasteiger partial charge in [-0.1, -0.05) is 47.9 Å². The zero-order valence-electron chi connectivity index (χ0n) is 23.2. The minimum Gasteiger partial charge on any atom is -0.497 e. The summed E-state index contributed by atoms with van der Waals surface area (Å²) in [4.78, 5) is 8.15. The third-order valence-corrected chi connectivity index (χ3v) is 6.58. The van der Waals surface area contributed by atoms with Crippen molar-refractivity contribution in [2.75, 3.05) is 39.9 Å². The number of anilines is 2. The highest BCUT2D eigenvalue weighted by atomic mass is 16.5. The Morgan fingerprint density at radius 3 is 2.07 bits per heavy atom. The summed E-state index contributed by atoms with van der Waals surface area (Å²) in [6, 6.07) is 17.1. The predicted molar refractivity (Wildman–Crippen MR) is 155 cm³/mol. The third kappa shape index (κ3) is 5.94. The van der Waals surface area contributed by atoms with Crippen LogP contribution in [0.5, 0.6) is 11.5 Å². The summed E-state index contributed by atoms with van der Waals surface area (Å²) in [7, 11) is 6.19. The van der Waals surface area contributed by atoms with Crippen LogP contribution in [0.3, 0.4) is 0 Å². The topological polar surface area (TPSA) is 139 Å². The van der Waals surface area contributed by atoms with Crippen molar-refractivity contribution >= 4 is 11.8 Å². The van der Waals surface area contributed by atoms with E-state index in [2.05, 4.69) is 39.7 Å². The molecule has 0 radical (unpaired) electrons. The average molecular weight is 548 g/mol. The van der Waals surface area contributed by atoms with Crippen molar-refractivity contribution in [2.24, 2.45) is 5.92 Å². The molecule has 1 heterocycles. The van der Waals surface area contributed by atoms with E-state index >= 15 is 0 Å². The Kier molecular flexibility index (Phi) is 8.79. The Balaban J connectivity index is 1.96. The van der Waals surface area contributed by atoms with Crippen LogP contribution >= 0.6 is 0 Å². The molecule has 1 aliphatic rings. The standard InChI is InChI=1S/C32H29N5O4/c1-38-27-11-7-5-9-21(27)13-15-25-23(19-33)17-32(41-4,18-24-20-36-31(35)37-30(24)34)29(40-3)26(25)16-14-22-10-6-8-12-28(22)39-2/h5-12,17,20,25H,18H2,1-4H3,(H4,34,35,36,37). The molecule has 1 aromatic heterocycles. The Labute approximate surface area is 239 Å². The number of nitrogens with zero attached hydrogens (tertiary/aromatic N) is 3. The second-order valence-electron chi connectivity index (χ2n) is 8.92. The minimum atomic E-state index is -1.26. The van der Waals surface area contributed by atoms with Crippen molar-refractivity contribution in [1.29, 1.82) is 5.26 Å². The van der Waals surface area contributed by atoms with Crippen LogP contribution in [0.1, 0.15) is 16.7 Å². The number of nitriles is 1. The SMILES string of the molecule is COC1=C(C#Cc2ccccc2OC)C(C#Cc2ccccc2OC)C(C#N)=CC1(Cc1cnc(N)nc1N)OC. The average Bonchev–Trinajstić information content (AvgIpc) is 3.00. The highest BCUT2D eigenvalue weighted by molar-refractivity contribution is 5.60. The largest absolute Gasteiger partial charge is 0.497 e. The fourth-order valence-electron chi connectivity index (χ4n) is 4.56. The van der Waals surface area contributed by atoms with E-state index in [1.54, 1.807) is 20.3 Å². The zero-order valence-corrected chi connectivity index (χ0v) is 23.2. The first-order valence-electron chi connectivity index (χ1n) is 12.5. The fourth-order valence-corrected chi connectivity index (χ4v) is 4.56. The van der Waals surface area contributed by atoms with Crippen molar-refractivity contribution in [3.8, 4) is 41.2 Å². The first-order valence-corrected chi connectivity index (χ1v) is 12.5. The van der Waals surface area contributed by atoms with Crippen LogP contribution in [-0.4, -0.2) is 44.0 Å². The van der Waals surface area contributed by atoms with E-state index in [4.69, 9.17) is 30.4 Å². The van der Waals surface area contributed by atoms with Crippen molar-refractivity contribution in [3.05, 3.63) is 94.4 Å². The van der Waals surface area contributed by atoms with E-state index in [1.165, 1.54) is 20.4 Å². The lowest BCUT2D eigenvalue weighted by Gasteiger charge is -2.36. The molecule has 2 atom stereocenters. The number of nitrogens with two attached hydrogens (primary N) is 2. The smallest absolute Gasteiger partial charge is 0.221 e. The fraction of sp³-hybridized carbons (Fsp3) is 0.219. The van der Waals surface area contributed by atoms with Crippen molar-refractivity contribution in [3.63, 3.8) is 0 Å². The first-order chi connectivity index (χ1) is 19.9. The van der Waals surface area contributed by atoms with Gasteiger partial charge in [-0.2, -0.15) is 10.2 Å². The van der Waals surface area contributed by atoms with Gasteiger partial charge in [0.05, 0.1) is 50.0 Å². The molecular formula is C32H29N5O4. The zero-order chi connectivity index (χ0) is 29.4. The van der Waals surface area contributed by atoms with E-state index in [0.717, 1.165) is 0 Å². The second-order valence-corrected chi connectivity index (χ2v) is 8.92. The number of allylic oxidation sites excluding steroid dienone is 2. The van der Waals surface area contributed by atoms with Gasteiger partial charge in [-0.25, -0.2) is 4.98 Å². The number of ether oxygens (including phenoxy) is 4. The molecule has 0 aliphatic heterocycles.